The molecular weight excluding hydrogens is 254 g/mol. The van der Waals surface area contributed by atoms with E-state index in [0.29, 0.717) is 17.3 Å². The van der Waals surface area contributed by atoms with Gasteiger partial charge in [0.15, 0.2) is 15.7 Å². The molecule has 0 spiro atoms. The number of nitrogens with zero attached hydrogens (tertiary/aromatic N) is 4. The van der Waals surface area contributed by atoms with Gasteiger partial charge in [-0.25, -0.2) is 13.1 Å². The second-order valence-electron chi connectivity index (χ2n) is 3.87. The molecule has 7 nitrogen and oxygen atoms in total. The van der Waals surface area contributed by atoms with Gasteiger partial charge in [-0.15, -0.1) is 5.10 Å². The SMILES string of the molecule is CS(=O)(=O)c1ccc(Cn2nnnc2CN)cc1. The Morgan fingerprint density at radius 1 is 1.28 bits per heavy atom. The first kappa shape index (κ1) is 12.7. The van der Waals surface area contributed by atoms with Crippen molar-refractivity contribution in [3.8, 4) is 0 Å². The summed E-state index contributed by atoms with van der Waals surface area (Å²) in [6.07, 6.45) is 1.18. The van der Waals surface area contributed by atoms with Gasteiger partial charge in [-0.1, -0.05) is 12.1 Å². The van der Waals surface area contributed by atoms with Gasteiger partial charge in [-0.3, -0.25) is 0 Å². The molecular formula is C10H13N5O2S. The summed E-state index contributed by atoms with van der Waals surface area (Å²) < 4.78 is 24.2. The molecule has 18 heavy (non-hydrogen) atoms. The van der Waals surface area contributed by atoms with E-state index in [1.165, 1.54) is 6.26 Å². The van der Waals surface area contributed by atoms with Crippen molar-refractivity contribution < 1.29 is 8.42 Å². The topological polar surface area (TPSA) is 104 Å². The Hall–Kier alpha value is -1.80. The highest BCUT2D eigenvalue weighted by atomic mass is 32.2. The fraction of sp³-hybridized carbons (Fsp3) is 0.300. The first-order chi connectivity index (χ1) is 8.50. The fourth-order valence-corrected chi connectivity index (χ4v) is 2.14. The molecule has 0 aliphatic carbocycles. The van der Waals surface area contributed by atoms with E-state index < -0.39 is 9.84 Å². The maximum Gasteiger partial charge on any atom is 0.175 e. The van der Waals surface area contributed by atoms with Crippen LogP contribution in [0.25, 0.3) is 0 Å². The lowest BCUT2D eigenvalue weighted by Crippen LogP contribution is -2.10. The minimum Gasteiger partial charge on any atom is -0.324 e. The van der Waals surface area contributed by atoms with Crippen molar-refractivity contribution in [3.05, 3.63) is 35.7 Å². The summed E-state index contributed by atoms with van der Waals surface area (Å²) in [6.45, 7) is 0.720. The van der Waals surface area contributed by atoms with Crippen molar-refractivity contribution >= 4 is 9.84 Å². The third-order valence-corrected chi connectivity index (χ3v) is 3.60. The molecule has 0 amide bonds. The first-order valence-electron chi connectivity index (χ1n) is 5.25. The summed E-state index contributed by atoms with van der Waals surface area (Å²) in [5, 5.41) is 11.1. The van der Waals surface area contributed by atoms with Crippen molar-refractivity contribution in [2.75, 3.05) is 6.26 Å². The summed E-state index contributed by atoms with van der Waals surface area (Å²) in [7, 11) is -3.16. The Balaban J connectivity index is 2.21. The van der Waals surface area contributed by atoms with Gasteiger partial charge in [0.1, 0.15) is 0 Å². The lowest BCUT2D eigenvalue weighted by molar-refractivity contribution is 0.601. The first-order valence-corrected chi connectivity index (χ1v) is 7.14. The Bertz CT molecular complexity index is 633. The highest BCUT2D eigenvalue weighted by Gasteiger charge is 2.08. The summed E-state index contributed by atoms with van der Waals surface area (Å²) in [6, 6.07) is 6.60. The fourth-order valence-electron chi connectivity index (χ4n) is 1.51. The minimum atomic E-state index is -3.16. The van der Waals surface area contributed by atoms with Crippen molar-refractivity contribution in [2.45, 2.75) is 18.0 Å². The molecule has 0 saturated heterocycles. The maximum absolute atomic E-state index is 11.3. The highest BCUT2D eigenvalue weighted by Crippen LogP contribution is 2.11. The number of sulfone groups is 1. The monoisotopic (exact) mass is 267 g/mol. The van der Waals surface area contributed by atoms with E-state index in [0.717, 1.165) is 5.56 Å². The van der Waals surface area contributed by atoms with Crippen LogP contribution in [0.4, 0.5) is 0 Å². The third-order valence-electron chi connectivity index (χ3n) is 2.47. The van der Waals surface area contributed by atoms with E-state index in [1.54, 1.807) is 28.9 Å². The number of aromatic nitrogens is 4. The molecule has 0 atom stereocenters. The largest absolute Gasteiger partial charge is 0.324 e. The Kier molecular flexibility index (Phi) is 3.39. The average Bonchev–Trinajstić information content (AvgIpc) is 2.76. The number of hydrogen-bond acceptors (Lipinski definition) is 6. The third kappa shape index (κ3) is 2.71. The number of tetrazole rings is 1. The van der Waals surface area contributed by atoms with E-state index in [2.05, 4.69) is 15.5 Å². The van der Waals surface area contributed by atoms with E-state index in [-0.39, 0.29) is 6.54 Å². The molecule has 1 heterocycles. The van der Waals surface area contributed by atoms with Crippen LogP contribution in [-0.2, 0) is 22.9 Å². The summed E-state index contributed by atoms with van der Waals surface area (Å²) >= 11 is 0. The summed E-state index contributed by atoms with van der Waals surface area (Å²) in [5.41, 5.74) is 6.39. The van der Waals surface area contributed by atoms with Crippen LogP contribution in [0.5, 0.6) is 0 Å². The molecule has 0 saturated carbocycles. The number of benzene rings is 1. The zero-order valence-electron chi connectivity index (χ0n) is 9.81. The van der Waals surface area contributed by atoms with Crippen molar-refractivity contribution in [2.24, 2.45) is 5.73 Å². The molecule has 2 aromatic rings. The molecule has 96 valence electrons. The molecule has 1 aromatic heterocycles. The molecule has 0 unspecified atom stereocenters. The number of hydrogen-bond donors (Lipinski definition) is 1. The van der Waals surface area contributed by atoms with E-state index in [9.17, 15) is 8.42 Å². The smallest absolute Gasteiger partial charge is 0.175 e. The molecule has 2 rings (SSSR count). The van der Waals surface area contributed by atoms with E-state index in [4.69, 9.17) is 5.73 Å². The molecule has 1 aromatic carbocycles. The quantitative estimate of drug-likeness (QED) is 0.807. The molecule has 2 N–H and O–H groups in total. The average molecular weight is 267 g/mol. The van der Waals surface area contributed by atoms with Crippen LogP contribution in [0.15, 0.2) is 29.2 Å². The van der Waals surface area contributed by atoms with Gasteiger partial charge in [0.25, 0.3) is 0 Å². The lowest BCUT2D eigenvalue weighted by atomic mass is 10.2. The van der Waals surface area contributed by atoms with Crippen LogP contribution < -0.4 is 5.73 Å². The van der Waals surface area contributed by atoms with Gasteiger partial charge < -0.3 is 5.73 Å². The number of rotatable bonds is 4. The van der Waals surface area contributed by atoms with Gasteiger partial charge in [-0.2, -0.15) is 0 Å². The maximum atomic E-state index is 11.3. The van der Waals surface area contributed by atoms with Gasteiger partial charge in [0.05, 0.1) is 18.0 Å². The van der Waals surface area contributed by atoms with Crippen LogP contribution in [-0.4, -0.2) is 34.9 Å². The van der Waals surface area contributed by atoms with Gasteiger partial charge >= 0.3 is 0 Å². The van der Waals surface area contributed by atoms with Gasteiger partial charge in [0.2, 0.25) is 0 Å². The molecule has 8 heteroatoms. The molecule has 0 aliphatic rings. The summed E-state index contributed by atoms with van der Waals surface area (Å²) in [5.74, 6) is 0.585. The van der Waals surface area contributed by atoms with Crippen LogP contribution >= 0.6 is 0 Å². The van der Waals surface area contributed by atoms with E-state index in [1.807, 2.05) is 0 Å². The van der Waals surface area contributed by atoms with E-state index >= 15 is 0 Å². The zero-order valence-corrected chi connectivity index (χ0v) is 10.6. The predicted molar refractivity (Wildman–Crippen MR) is 64.4 cm³/mol. The van der Waals surface area contributed by atoms with Crippen molar-refractivity contribution in [3.63, 3.8) is 0 Å². The minimum absolute atomic E-state index is 0.258. The van der Waals surface area contributed by atoms with Gasteiger partial charge in [-0.05, 0) is 28.1 Å². The molecule has 0 radical (unpaired) electrons. The highest BCUT2D eigenvalue weighted by molar-refractivity contribution is 7.90. The standard InChI is InChI=1S/C10H13N5O2S/c1-18(16,17)9-4-2-8(3-5-9)7-15-10(6-11)12-13-14-15/h2-5H,6-7,11H2,1H3. The number of nitrogens with two attached hydrogens (primary N) is 1. The van der Waals surface area contributed by atoms with Crippen LogP contribution in [0, 0.1) is 0 Å². The normalized spacial score (nSPS) is 11.7. The van der Waals surface area contributed by atoms with Gasteiger partial charge in [0, 0.05) is 6.26 Å². The van der Waals surface area contributed by atoms with Crippen molar-refractivity contribution in [1.82, 2.24) is 20.2 Å². The Morgan fingerprint density at radius 2 is 1.94 bits per heavy atom. The summed E-state index contributed by atoms with van der Waals surface area (Å²) in [4.78, 5) is 0.294. The second kappa shape index (κ2) is 4.83. The Morgan fingerprint density at radius 3 is 2.50 bits per heavy atom. The van der Waals surface area contributed by atoms with Crippen molar-refractivity contribution in [1.29, 1.82) is 0 Å². The van der Waals surface area contributed by atoms with Crippen LogP contribution in [0.1, 0.15) is 11.4 Å². The molecule has 0 fully saturated rings. The molecule has 0 bridgehead atoms. The molecule has 0 aliphatic heterocycles. The second-order valence-corrected chi connectivity index (χ2v) is 5.89. The zero-order chi connectivity index (χ0) is 13.2. The Labute approximate surface area is 105 Å². The lowest BCUT2D eigenvalue weighted by Gasteiger charge is -2.04. The predicted octanol–water partition coefficient (Wildman–Crippen LogP) is -0.416. The van der Waals surface area contributed by atoms with Crippen LogP contribution in [0.3, 0.4) is 0 Å². The van der Waals surface area contributed by atoms with Crippen LogP contribution in [0.2, 0.25) is 0 Å².